The van der Waals surface area contributed by atoms with E-state index in [0.717, 1.165) is 12.3 Å². The Kier molecular flexibility index (Phi) is 2.03. The van der Waals surface area contributed by atoms with Crippen LogP contribution in [-0.2, 0) is 0 Å². The second kappa shape index (κ2) is 2.81. The number of hydrogen-bond donors (Lipinski definition) is 2. The molecule has 0 spiro atoms. The average molecular weight is 162 g/mol. The molecule has 0 atom stereocenters. The van der Waals surface area contributed by atoms with Crippen LogP contribution in [0.25, 0.3) is 0 Å². The van der Waals surface area contributed by atoms with Gasteiger partial charge in [-0.15, -0.1) is 0 Å². The van der Waals surface area contributed by atoms with Crippen LogP contribution in [-0.4, -0.2) is 4.98 Å². The van der Waals surface area contributed by atoms with Gasteiger partial charge in [-0.05, 0) is 6.07 Å². The summed E-state index contributed by atoms with van der Waals surface area (Å²) in [5.41, 5.74) is 2.21. The van der Waals surface area contributed by atoms with Gasteiger partial charge in [-0.2, -0.15) is 0 Å². The van der Waals surface area contributed by atoms with E-state index in [0.29, 0.717) is 0 Å². The maximum Gasteiger partial charge on any atom is 0.159 e. The van der Waals surface area contributed by atoms with Gasteiger partial charge in [0, 0.05) is 0 Å². The minimum Gasteiger partial charge on any atom is -0.307 e. The summed E-state index contributed by atoms with van der Waals surface area (Å²) in [4.78, 5) is 3.55. The Morgan fingerprint density at radius 2 is 2.40 bits per heavy atom. The van der Waals surface area contributed by atoms with Crippen LogP contribution in [0.3, 0.4) is 0 Å². The highest BCUT2D eigenvalue weighted by molar-refractivity contribution is 6.32. The molecule has 0 aliphatic rings. The van der Waals surface area contributed by atoms with Crippen molar-refractivity contribution < 1.29 is 4.39 Å². The van der Waals surface area contributed by atoms with Crippen LogP contribution in [0, 0.1) is 5.82 Å². The van der Waals surface area contributed by atoms with Gasteiger partial charge in [0.15, 0.2) is 5.82 Å². The van der Waals surface area contributed by atoms with Gasteiger partial charge in [-0.3, -0.25) is 0 Å². The number of pyridine rings is 1. The van der Waals surface area contributed by atoms with Crippen molar-refractivity contribution in [3.63, 3.8) is 0 Å². The number of anilines is 1. The fourth-order valence-electron chi connectivity index (χ4n) is 0.521. The average Bonchev–Trinajstić information content (AvgIpc) is 1.88. The first-order valence-corrected chi connectivity index (χ1v) is 2.89. The Labute approximate surface area is 62.0 Å². The largest absolute Gasteiger partial charge is 0.307 e. The molecule has 54 valence electrons. The van der Waals surface area contributed by atoms with Crippen LogP contribution in [0.1, 0.15) is 0 Å². The summed E-state index contributed by atoms with van der Waals surface area (Å²) in [7, 11) is 0. The molecule has 0 saturated carbocycles. The summed E-state index contributed by atoms with van der Waals surface area (Å²) in [6.45, 7) is 0. The van der Waals surface area contributed by atoms with Crippen molar-refractivity contribution in [2.75, 3.05) is 5.43 Å². The zero-order chi connectivity index (χ0) is 7.56. The molecule has 10 heavy (non-hydrogen) atoms. The van der Waals surface area contributed by atoms with Crippen LogP contribution in [0.2, 0.25) is 5.02 Å². The monoisotopic (exact) mass is 161 g/mol. The highest BCUT2D eigenvalue weighted by atomic mass is 35.5. The molecule has 1 aromatic rings. The molecule has 0 saturated heterocycles. The molecule has 0 amide bonds. The van der Waals surface area contributed by atoms with Crippen LogP contribution in [0.5, 0.6) is 0 Å². The number of aromatic nitrogens is 1. The number of hydrazine groups is 1. The van der Waals surface area contributed by atoms with Crippen molar-refractivity contribution >= 4 is 17.4 Å². The van der Waals surface area contributed by atoms with Gasteiger partial charge >= 0.3 is 0 Å². The lowest BCUT2D eigenvalue weighted by molar-refractivity contribution is 0.622. The molecule has 3 nitrogen and oxygen atoms in total. The van der Waals surface area contributed by atoms with Crippen LogP contribution in [0.4, 0.5) is 10.2 Å². The highest BCUT2D eigenvalue weighted by Crippen LogP contribution is 2.17. The van der Waals surface area contributed by atoms with E-state index in [9.17, 15) is 4.39 Å². The first-order chi connectivity index (χ1) is 4.74. The highest BCUT2D eigenvalue weighted by Gasteiger charge is 1.99. The van der Waals surface area contributed by atoms with Crippen molar-refractivity contribution in [2.45, 2.75) is 0 Å². The van der Waals surface area contributed by atoms with E-state index in [-0.39, 0.29) is 10.8 Å². The summed E-state index contributed by atoms with van der Waals surface area (Å²) in [6, 6.07) is 1.13. The van der Waals surface area contributed by atoms with Gasteiger partial charge < -0.3 is 5.43 Å². The van der Waals surface area contributed by atoms with Crippen LogP contribution in [0.15, 0.2) is 12.3 Å². The minimum absolute atomic E-state index is 0.169. The predicted octanol–water partition coefficient (Wildman–Crippen LogP) is 1.16. The topological polar surface area (TPSA) is 50.9 Å². The molecule has 0 bridgehead atoms. The smallest absolute Gasteiger partial charge is 0.159 e. The minimum atomic E-state index is -0.482. The molecule has 3 N–H and O–H groups in total. The normalized spacial score (nSPS) is 9.50. The molecule has 0 radical (unpaired) electrons. The van der Waals surface area contributed by atoms with E-state index in [1.54, 1.807) is 0 Å². The van der Waals surface area contributed by atoms with E-state index < -0.39 is 5.82 Å². The van der Waals surface area contributed by atoms with Crippen LogP contribution >= 0.6 is 11.6 Å². The molecule has 1 rings (SSSR count). The summed E-state index contributed by atoms with van der Waals surface area (Å²) in [6.07, 6.45) is 1.03. The second-order valence-corrected chi connectivity index (χ2v) is 2.04. The van der Waals surface area contributed by atoms with Crippen molar-refractivity contribution in [3.05, 3.63) is 23.1 Å². The van der Waals surface area contributed by atoms with Gasteiger partial charge in [0.2, 0.25) is 0 Å². The molecule has 0 aliphatic heterocycles. The van der Waals surface area contributed by atoms with Crippen molar-refractivity contribution in [1.29, 1.82) is 0 Å². The molecule has 0 fully saturated rings. The maximum absolute atomic E-state index is 12.3. The summed E-state index contributed by atoms with van der Waals surface area (Å²) in [5, 5.41) is 0.169. The lowest BCUT2D eigenvalue weighted by Gasteiger charge is -1.99. The van der Waals surface area contributed by atoms with E-state index in [4.69, 9.17) is 17.4 Å². The number of rotatable bonds is 1. The summed E-state index contributed by atoms with van der Waals surface area (Å²) in [5.74, 6) is 4.77. The molecule has 1 heterocycles. The number of nitrogens with zero attached hydrogens (tertiary/aromatic N) is 1. The number of nitrogens with two attached hydrogens (primary N) is 1. The van der Waals surface area contributed by atoms with E-state index in [2.05, 4.69) is 10.4 Å². The zero-order valence-corrected chi connectivity index (χ0v) is 5.69. The number of halogens is 2. The van der Waals surface area contributed by atoms with Gasteiger partial charge in [-0.25, -0.2) is 15.2 Å². The second-order valence-electron chi connectivity index (χ2n) is 1.63. The molecule has 0 aromatic carbocycles. The van der Waals surface area contributed by atoms with Crippen molar-refractivity contribution in [2.24, 2.45) is 5.84 Å². The Bertz CT molecular complexity index is 240. The lowest BCUT2D eigenvalue weighted by Crippen LogP contribution is -2.08. The van der Waals surface area contributed by atoms with Gasteiger partial charge in [0.1, 0.15) is 5.82 Å². The maximum atomic E-state index is 12.3. The van der Waals surface area contributed by atoms with E-state index >= 15 is 0 Å². The zero-order valence-electron chi connectivity index (χ0n) is 4.94. The SMILES string of the molecule is NNc1ncc(F)cc1Cl. The summed E-state index contributed by atoms with van der Waals surface area (Å²) >= 11 is 5.48. The first kappa shape index (κ1) is 7.24. The number of nitrogen functional groups attached to an aromatic ring is 1. The quantitative estimate of drug-likeness (QED) is 0.480. The third-order valence-corrected chi connectivity index (χ3v) is 1.23. The Morgan fingerprint density at radius 3 is 2.90 bits per heavy atom. The van der Waals surface area contributed by atoms with E-state index in [1.165, 1.54) is 0 Å². The van der Waals surface area contributed by atoms with Crippen molar-refractivity contribution in [1.82, 2.24) is 4.98 Å². The molecule has 0 unspecified atom stereocenters. The number of nitrogens with one attached hydrogen (secondary N) is 1. The Balaban J connectivity index is 3.07. The number of hydrogen-bond acceptors (Lipinski definition) is 3. The molecule has 1 aromatic heterocycles. The lowest BCUT2D eigenvalue weighted by atomic mass is 10.4. The summed E-state index contributed by atoms with van der Waals surface area (Å²) < 4.78 is 12.3. The molecule has 0 aliphatic carbocycles. The third-order valence-electron chi connectivity index (χ3n) is 0.945. The van der Waals surface area contributed by atoms with E-state index in [1.807, 2.05) is 0 Å². The molecular weight excluding hydrogens is 157 g/mol. The van der Waals surface area contributed by atoms with Crippen molar-refractivity contribution in [3.8, 4) is 0 Å². The van der Waals surface area contributed by atoms with Crippen LogP contribution < -0.4 is 11.3 Å². The Hall–Kier alpha value is -0.870. The fourth-order valence-corrected chi connectivity index (χ4v) is 0.728. The fraction of sp³-hybridized carbons (Fsp3) is 0. The predicted molar refractivity (Wildman–Crippen MR) is 37.0 cm³/mol. The van der Waals surface area contributed by atoms with Gasteiger partial charge in [-0.1, -0.05) is 11.6 Å². The van der Waals surface area contributed by atoms with Gasteiger partial charge in [0.25, 0.3) is 0 Å². The Morgan fingerprint density at radius 1 is 1.70 bits per heavy atom. The first-order valence-electron chi connectivity index (χ1n) is 2.51. The standard InChI is InChI=1S/C5H5ClFN3/c6-4-1-3(7)2-9-5(4)10-8/h1-2H,8H2,(H,9,10). The third kappa shape index (κ3) is 1.34. The van der Waals surface area contributed by atoms with Gasteiger partial charge in [0.05, 0.1) is 11.2 Å². The molecular formula is C5H5ClFN3. The molecule has 5 heteroatoms.